The first-order chi connectivity index (χ1) is 14.6. The normalized spacial score (nSPS) is 14.6. The molecule has 1 saturated carbocycles. The monoisotopic (exact) mass is 413 g/mol. The molecule has 0 amide bonds. The fourth-order valence-corrected chi connectivity index (χ4v) is 3.36. The first-order valence-corrected chi connectivity index (χ1v) is 9.60. The Balaban J connectivity index is 1.40. The van der Waals surface area contributed by atoms with Crippen molar-refractivity contribution in [3.8, 4) is 17.3 Å². The van der Waals surface area contributed by atoms with E-state index in [1.807, 2.05) is 0 Å². The van der Waals surface area contributed by atoms with Gasteiger partial charge in [-0.3, -0.25) is 4.98 Å². The van der Waals surface area contributed by atoms with Crippen molar-refractivity contribution in [2.24, 2.45) is 0 Å². The molecule has 0 aliphatic heterocycles. The lowest BCUT2D eigenvalue weighted by Gasteiger charge is -2.41. The van der Waals surface area contributed by atoms with Gasteiger partial charge in [-0.2, -0.15) is 0 Å². The molecule has 0 bridgehead atoms. The summed E-state index contributed by atoms with van der Waals surface area (Å²) in [6, 6.07) is 7.88. The van der Waals surface area contributed by atoms with Crippen LogP contribution >= 0.6 is 0 Å². The Morgan fingerprint density at radius 3 is 2.83 bits per heavy atom. The quantitative estimate of drug-likeness (QED) is 0.579. The van der Waals surface area contributed by atoms with Crippen LogP contribution in [0.25, 0.3) is 11.5 Å². The van der Waals surface area contributed by atoms with Crippen LogP contribution in [0.2, 0.25) is 0 Å². The minimum absolute atomic E-state index is 0.0308. The Kier molecular flexibility index (Phi) is 5.55. The van der Waals surface area contributed by atoms with E-state index >= 15 is 0 Å². The molecule has 0 spiro atoms. The minimum Gasteiger partial charge on any atom is -0.434 e. The number of pyridine rings is 1. The molecular formula is C20H20FN5O4. The van der Waals surface area contributed by atoms with Crippen LogP contribution in [0.4, 0.5) is 15.0 Å². The van der Waals surface area contributed by atoms with E-state index in [2.05, 4.69) is 30.4 Å². The van der Waals surface area contributed by atoms with Crippen molar-refractivity contribution in [1.29, 1.82) is 0 Å². The maximum atomic E-state index is 14.2. The number of anilines is 1. The molecule has 1 fully saturated rings. The third-order valence-electron chi connectivity index (χ3n) is 5.03. The summed E-state index contributed by atoms with van der Waals surface area (Å²) in [5.74, 6) is 0.520. The van der Waals surface area contributed by atoms with Gasteiger partial charge in [0.2, 0.25) is 0 Å². The summed E-state index contributed by atoms with van der Waals surface area (Å²) in [6.45, 7) is 2.37. The number of hydrogen-bond donors (Lipinski definition) is 1. The lowest BCUT2D eigenvalue weighted by atomic mass is 9.66. The van der Waals surface area contributed by atoms with Crippen molar-refractivity contribution in [3.05, 3.63) is 48.0 Å². The van der Waals surface area contributed by atoms with Gasteiger partial charge in [-0.1, -0.05) is 6.42 Å². The predicted octanol–water partition coefficient (Wildman–Crippen LogP) is 3.73. The second kappa shape index (κ2) is 8.44. The van der Waals surface area contributed by atoms with Crippen LogP contribution in [0.15, 0.2) is 41.1 Å². The zero-order valence-electron chi connectivity index (χ0n) is 16.3. The van der Waals surface area contributed by atoms with E-state index in [0.29, 0.717) is 29.5 Å². The van der Waals surface area contributed by atoms with E-state index in [4.69, 9.17) is 9.26 Å². The van der Waals surface area contributed by atoms with Crippen LogP contribution in [-0.2, 0) is 10.2 Å². The molecule has 1 aliphatic carbocycles. The molecule has 1 aliphatic rings. The van der Waals surface area contributed by atoms with Gasteiger partial charge < -0.3 is 19.3 Å². The molecule has 0 saturated heterocycles. The molecule has 0 unspecified atom stereocenters. The smallest absolute Gasteiger partial charge is 0.434 e. The van der Waals surface area contributed by atoms with Crippen molar-refractivity contribution >= 4 is 12.0 Å². The molecule has 0 aromatic carbocycles. The number of carbonyl (C=O) groups excluding carboxylic acids is 1. The lowest BCUT2D eigenvalue weighted by Crippen LogP contribution is -2.42. The number of hydrogen-bond acceptors (Lipinski definition) is 9. The summed E-state index contributed by atoms with van der Waals surface area (Å²) in [5, 5.41) is 15.1. The summed E-state index contributed by atoms with van der Waals surface area (Å²) in [7, 11) is 0. The number of nitrogens with one attached hydrogen (secondary N) is 1. The Hall–Kier alpha value is -3.56. The average Bonchev–Trinajstić information content (AvgIpc) is 3.17. The van der Waals surface area contributed by atoms with Crippen molar-refractivity contribution in [1.82, 2.24) is 20.3 Å². The number of nitrogens with zero attached hydrogens (tertiary/aromatic N) is 4. The highest BCUT2D eigenvalue weighted by atomic mass is 19.1. The van der Waals surface area contributed by atoms with E-state index in [9.17, 15) is 9.18 Å². The van der Waals surface area contributed by atoms with Gasteiger partial charge in [0.15, 0.2) is 5.76 Å². The van der Waals surface area contributed by atoms with E-state index in [0.717, 1.165) is 19.3 Å². The zero-order chi connectivity index (χ0) is 21.0. The molecule has 1 N–H and O–H groups in total. The Morgan fingerprint density at radius 1 is 1.30 bits per heavy atom. The maximum Gasteiger partial charge on any atom is 0.515 e. The van der Waals surface area contributed by atoms with Gasteiger partial charge in [0.1, 0.15) is 17.3 Å². The first kappa shape index (κ1) is 19.7. The third kappa shape index (κ3) is 4.07. The third-order valence-corrected chi connectivity index (χ3v) is 5.03. The van der Waals surface area contributed by atoms with Crippen molar-refractivity contribution in [2.75, 3.05) is 18.5 Å². The molecule has 0 radical (unpaired) electrons. The van der Waals surface area contributed by atoms with Crippen molar-refractivity contribution in [2.45, 2.75) is 31.6 Å². The second-order valence-corrected chi connectivity index (χ2v) is 6.94. The summed E-state index contributed by atoms with van der Waals surface area (Å²) >= 11 is 0. The van der Waals surface area contributed by atoms with E-state index in [-0.39, 0.29) is 23.7 Å². The topological polar surface area (TPSA) is 112 Å². The van der Waals surface area contributed by atoms with Crippen LogP contribution in [0.5, 0.6) is 5.88 Å². The fourth-order valence-electron chi connectivity index (χ4n) is 3.36. The maximum absolute atomic E-state index is 14.2. The van der Waals surface area contributed by atoms with Crippen LogP contribution in [0, 0.1) is 5.82 Å². The number of ether oxygens (including phenoxy) is 2. The van der Waals surface area contributed by atoms with Crippen molar-refractivity contribution < 1.29 is 23.2 Å². The Labute approximate surface area is 171 Å². The molecule has 0 atom stereocenters. The van der Waals surface area contributed by atoms with Crippen LogP contribution in [-0.4, -0.2) is 39.6 Å². The highest BCUT2D eigenvalue weighted by Gasteiger charge is 2.41. The van der Waals surface area contributed by atoms with E-state index < -0.39 is 6.16 Å². The van der Waals surface area contributed by atoms with Crippen LogP contribution in [0.3, 0.4) is 0 Å². The number of rotatable bonds is 7. The highest BCUT2D eigenvalue weighted by Crippen LogP contribution is 2.43. The molecule has 3 aromatic rings. The van der Waals surface area contributed by atoms with Gasteiger partial charge in [0.25, 0.3) is 5.88 Å². The summed E-state index contributed by atoms with van der Waals surface area (Å²) in [6.07, 6.45) is 3.51. The van der Waals surface area contributed by atoms with Gasteiger partial charge in [-0.25, -0.2) is 9.18 Å². The van der Waals surface area contributed by atoms with Crippen LogP contribution in [0.1, 0.15) is 31.9 Å². The predicted molar refractivity (Wildman–Crippen MR) is 103 cm³/mol. The summed E-state index contributed by atoms with van der Waals surface area (Å²) in [5.41, 5.74) is 0.570. The van der Waals surface area contributed by atoms with Gasteiger partial charge in [0.05, 0.1) is 18.4 Å². The summed E-state index contributed by atoms with van der Waals surface area (Å²) in [4.78, 5) is 15.6. The zero-order valence-corrected chi connectivity index (χ0v) is 16.3. The molecule has 3 aromatic heterocycles. The van der Waals surface area contributed by atoms with Gasteiger partial charge in [0, 0.05) is 18.2 Å². The lowest BCUT2D eigenvalue weighted by molar-refractivity contribution is 0.101. The molecule has 30 heavy (non-hydrogen) atoms. The van der Waals surface area contributed by atoms with Gasteiger partial charge in [-0.15, -0.1) is 10.2 Å². The van der Waals surface area contributed by atoms with E-state index in [1.54, 1.807) is 31.3 Å². The highest BCUT2D eigenvalue weighted by molar-refractivity contribution is 5.64. The average molecular weight is 413 g/mol. The standard InChI is InChI=1S/C20H20FN5O4/c1-2-28-19(27)29-17-11-15(30-26-17)14-6-7-16(25-24-14)23-12-20(8-4-9-20)18-13(21)5-3-10-22-18/h3,5-7,10-11H,2,4,8-9,12H2,1H3,(H,23,25). The molecule has 156 valence electrons. The second-order valence-electron chi connectivity index (χ2n) is 6.94. The largest absolute Gasteiger partial charge is 0.515 e. The fraction of sp³-hybridized carbons (Fsp3) is 0.350. The van der Waals surface area contributed by atoms with E-state index in [1.165, 1.54) is 12.1 Å². The molecule has 4 rings (SSSR count). The van der Waals surface area contributed by atoms with Crippen LogP contribution < -0.4 is 10.1 Å². The molecular weight excluding hydrogens is 393 g/mol. The molecule has 10 heteroatoms. The van der Waals surface area contributed by atoms with Gasteiger partial charge >= 0.3 is 6.16 Å². The Bertz CT molecular complexity index is 1020. The SMILES string of the molecule is CCOC(=O)Oc1cc(-c2ccc(NCC3(c4ncccc4F)CCC3)nn2)on1. The molecule has 9 nitrogen and oxygen atoms in total. The number of carbonyl (C=O) groups is 1. The number of halogens is 1. The minimum atomic E-state index is -0.864. The summed E-state index contributed by atoms with van der Waals surface area (Å²) < 4.78 is 28.9. The Morgan fingerprint density at radius 2 is 2.17 bits per heavy atom. The first-order valence-electron chi connectivity index (χ1n) is 9.60. The number of aromatic nitrogens is 4. The van der Waals surface area contributed by atoms with Crippen molar-refractivity contribution in [3.63, 3.8) is 0 Å². The van der Waals surface area contributed by atoms with Gasteiger partial charge in [-0.05, 0) is 49.2 Å². The molecule has 3 heterocycles.